The molecule has 0 amide bonds. The van der Waals surface area contributed by atoms with Crippen LogP contribution in [0.3, 0.4) is 0 Å². The van der Waals surface area contributed by atoms with Crippen LogP contribution in [0.1, 0.15) is 44.9 Å². The molecule has 1 spiro atoms. The fourth-order valence-corrected chi connectivity index (χ4v) is 3.56. The zero-order valence-corrected chi connectivity index (χ0v) is 10.8. The number of rotatable bonds is 1. The van der Waals surface area contributed by atoms with Crippen LogP contribution < -0.4 is 10.5 Å². The van der Waals surface area contributed by atoms with Crippen LogP contribution in [0.2, 0.25) is 0 Å². The van der Waals surface area contributed by atoms with Crippen LogP contribution in [0.4, 0.5) is 5.82 Å². The quantitative estimate of drug-likeness (QED) is 0.828. The number of aromatic nitrogens is 2. The summed E-state index contributed by atoms with van der Waals surface area (Å²) in [4.78, 5) is 20.8. The second kappa shape index (κ2) is 4.75. The van der Waals surface area contributed by atoms with Crippen molar-refractivity contribution >= 4 is 5.82 Å². The molecule has 2 heterocycles. The number of nitrogens with zero attached hydrogens (tertiary/aromatic N) is 2. The average molecular weight is 247 g/mol. The molecular formula is C14H21N3O. The Kier molecular flexibility index (Phi) is 3.10. The Bertz CT molecular complexity index is 452. The number of aromatic amines is 1. The summed E-state index contributed by atoms with van der Waals surface area (Å²) in [6.07, 6.45) is 12.7. The van der Waals surface area contributed by atoms with E-state index in [4.69, 9.17) is 0 Å². The second-order valence-electron chi connectivity index (χ2n) is 5.79. The van der Waals surface area contributed by atoms with Crippen LogP contribution in [0.25, 0.3) is 0 Å². The molecular weight excluding hydrogens is 226 g/mol. The molecule has 98 valence electrons. The molecule has 2 aliphatic rings. The van der Waals surface area contributed by atoms with Crippen molar-refractivity contribution in [2.45, 2.75) is 44.9 Å². The van der Waals surface area contributed by atoms with Gasteiger partial charge in [0, 0.05) is 25.5 Å². The fraction of sp³-hybridized carbons (Fsp3) is 0.714. The van der Waals surface area contributed by atoms with E-state index in [1.165, 1.54) is 44.9 Å². The van der Waals surface area contributed by atoms with E-state index in [1.807, 2.05) is 0 Å². The Morgan fingerprint density at radius 1 is 1.11 bits per heavy atom. The van der Waals surface area contributed by atoms with Gasteiger partial charge in [-0.3, -0.25) is 4.79 Å². The highest BCUT2D eigenvalue weighted by Crippen LogP contribution is 2.44. The molecule has 18 heavy (non-hydrogen) atoms. The van der Waals surface area contributed by atoms with Gasteiger partial charge in [0.2, 0.25) is 0 Å². The van der Waals surface area contributed by atoms with Gasteiger partial charge >= 0.3 is 0 Å². The first kappa shape index (κ1) is 11.8. The number of anilines is 1. The van der Waals surface area contributed by atoms with Crippen molar-refractivity contribution in [2.24, 2.45) is 5.41 Å². The Labute approximate surface area is 107 Å². The first-order chi connectivity index (χ1) is 8.79. The van der Waals surface area contributed by atoms with Crippen LogP contribution >= 0.6 is 0 Å². The van der Waals surface area contributed by atoms with Crippen LogP contribution in [0, 0.1) is 5.41 Å². The Hall–Kier alpha value is -1.32. The zero-order chi connectivity index (χ0) is 12.4. The standard InChI is InChI=1S/C14H21N3O/c18-13-12(15-8-9-16-13)17-10-6-14(7-11-17)4-2-1-3-5-14/h8-9H,1-7,10-11H2,(H,16,18). The van der Waals surface area contributed by atoms with Crippen molar-refractivity contribution < 1.29 is 0 Å². The molecule has 3 rings (SSSR count). The predicted molar refractivity (Wildman–Crippen MR) is 71.8 cm³/mol. The SMILES string of the molecule is O=c1[nH]ccnc1N1CCC2(CCCCC2)CC1. The van der Waals surface area contributed by atoms with E-state index >= 15 is 0 Å². The summed E-state index contributed by atoms with van der Waals surface area (Å²) in [5, 5.41) is 0. The number of hydrogen-bond donors (Lipinski definition) is 1. The van der Waals surface area contributed by atoms with Crippen molar-refractivity contribution in [3.8, 4) is 0 Å². The molecule has 0 aromatic carbocycles. The maximum atomic E-state index is 11.7. The topological polar surface area (TPSA) is 49.0 Å². The third-order valence-electron chi connectivity index (χ3n) is 4.73. The van der Waals surface area contributed by atoms with Gasteiger partial charge in [-0.25, -0.2) is 4.98 Å². The lowest BCUT2D eigenvalue weighted by Gasteiger charge is -2.44. The summed E-state index contributed by atoms with van der Waals surface area (Å²) in [5.74, 6) is 0.600. The highest BCUT2D eigenvalue weighted by atomic mass is 16.1. The van der Waals surface area contributed by atoms with Gasteiger partial charge in [0.05, 0.1) is 0 Å². The molecule has 1 aliphatic heterocycles. The Morgan fingerprint density at radius 2 is 1.83 bits per heavy atom. The van der Waals surface area contributed by atoms with Gasteiger partial charge in [-0.05, 0) is 31.1 Å². The molecule has 4 nitrogen and oxygen atoms in total. The number of hydrogen-bond acceptors (Lipinski definition) is 3. The molecule has 2 fully saturated rings. The minimum Gasteiger partial charge on any atom is -0.352 e. The summed E-state index contributed by atoms with van der Waals surface area (Å²) >= 11 is 0. The van der Waals surface area contributed by atoms with E-state index in [9.17, 15) is 4.79 Å². The van der Waals surface area contributed by atoms with Gasteiger partial charge in [0.25, 0.3) is 5.56 Å². The molecule has 1 saturated carbocycles. The van der Waals surface area contributed by atoms with Crippen LogP contribution in [0.15, 0.2) is 17.2 Å². The first-order valence-electron chi connectivity index (χ1n) is 7.08. The number of H-pyrrole nitrogens is 1. The molecule has 0 radical (unpaired) electrons. The normalized spacial score (nSPS) is 23.2. The first-order valence-corrected chi connectivity index (χ1v) is 7.08. The third-order valence-corrected chi connectivity index (χ3v) is 4.73. The predicted octanol–water partition coefficient (Wildman–Crippen LogP) is 2.32. The molecule has 4 heteroatoms. The van der Waals surface area contributed by atoms with E-state index in [-0.39, 0.29) is 5.56 Å². The maximum Gasteiger partial charge on any atom is 0.290 e. The summed E-state index contributed by atoms with van der Waals surface area (Å²) in [7, 11) is 0. The fourth-order valence-electron chi connectivity index (χ4n) is 3.56. The molecule has 1 aromatic rings. The summed E-state index contributed by atoms with van der Waals surface area (Å²) in [6.45, 7) is 1.97. The molecule has 1 aliphatic carbocycles. The van der Waals surface area contributed by atoms with E-state index in [0.29, 0.717) is 11.2 Å². The van der Waals surface area contributed by atoms with E-state index in [0.717, 1.165) is 13.1 Å². The monoisotopic (exact) mass is 247 g/mol. The molecule has 0 unspecified atom stereocenters. The van der Waals surface area contributed by atoms with Gasteiger partial charge in [-0.15, -0.1) is 0 Å². The minimum absolute atomic E-state index is 0.0582. The van der Waals surface area contributed by atoms with Crippen molar-refractivity contribution in [1.29, 1.82) is 0 Å². The van der Waals surface area contributed by atoms with Crippen LogP contribution in [0.5, 0.6) is 0 Å². The average Bonchev–Trinajstić information content (AvgIpc) is 2.42. The van der Waals surface area contributed by atoms with E-state index in [1.54, 1.807) is 12.4 Å². The van der Waals surface area contributed by atoms with Gasteiger partial charge in [-0.2, -0.15) is 0 Å². The van der Waals surface area contributed by atoms with Gasteiger partial charge in [0.15, 0.2) is 5.82 Å². The lowest BCUT2D eigenvalue weighted by molar-refractivity contribution is 0.144. The maximum absolute atomic E-state index is 11.7. The smallest absolute Gasteiger partial charge is 0.290 e. The lowest BCUT2D eigenvalue weighted by Crippen LogP contribution is -2.43. The Morgan fingerprint density at radius 3 is 2.50 bits per heavy atom. The van der Waals surface area contributed by atoms with Gasteiger partial charge in [-0.1, -0.05) is 19.3 Å². The lowest BCUT2D eigenvalue weighted by atomic mass is 9.68. The number of nitrogens with one attached hydrogen (secondary N) is 1. The van der Waals surface area contributed by atoms with Crippen molar-refractivity contribution in [1.82, 2.24) is 9.97 Å². The molecule has 0 atom stereocenters. The van der Waals surface area contributed by atoms with Crippen molar-refractivity contribution in [3.63, 3.8) is 0 Å². The van der Waals surface area contributed by atoms with Crippen LogP contribution in [-0.2, 0) is 0 Å². The van der Waals surface area contributed by atoms with Crippen LogP contribution in [-0.4, -0.2) is 23.1 Å². The molecule has 1 aromatic heterocycles. The molecule has 1 N–H and O–H groups in total. The highest BCUT2D eigenvalue weighted by Gasteiger charge is 2.36. The summed E-state index contributed by atoms with van der Waals surface area (Å²) in [5.41, 5.74) is 0.521. The second-order valence-corrected chi connectivity index (χ2v) is 5.79. The van der Waals surface area contributed by atoms with Gasteiger partial charge < -0.3 is 9.88 Å². The highest BCUT2D eigenvalue weighted by molar-refractivity contribution is 5.35. The summed E-state index contributed by atoms with van der Waals surface area (Å²) in [6, 6.07) is 0. The third kappa shape index (κ3) is 2.16. The van der Waals surface area contributed by atoms with Crippen molar-refractivity contribution in [3.05, 3.63) is 22.7 Å². The van der Waals surface area contributed by atoms with E-state index in [2.05, 4.69) is 14.9 Å². The molecule has 0 bridgehead atoms. The molecule has 1 saturated heterocycles. The zero-order valence-electron chi connectivity index (χ0n) is 10.8. The number of piperidine rings is 1. The largest absolute Gasteiger partial charge is 0.352 e. The van der Waals surface area contributed by atoms with Crippen molar-refractivity contribution in [2.75, 3.05) is 18.0 Å². The van der Waals surface area contributed by atoms with Gasteiger partial charge in [0.1, 0.15) is 0 Å². The van der Waals surface area contributed by atoms with E-state index < -0.39 is 0 Å². The Balaban J connectivity index is 1.70. The minimum atomic E-state index is -0.0582. The summed E-state index contributed by atoms with van der Waals surface area (Å²) < 4.78 is 0.